The maximum Gasteiger partial charge on any atom is 0.153 e. The van der Waals surface area contributed by atoms with Crippen molar-refractivity contribution in [3.8, 4) is 11.5 Å². The molecule has 92 valence electrons. The number of benzene rings is 2. The SMILES string of the molecule is O=Cc1ccc(Cl)cc1Oc1ccc(Cl)c(Cl)c1. The predicted molar refractivity (Wildman–Crippen MR) is 73.4 cm³/mol. The van der Waals surface area contributed by atoms with Crippen molar-refractivity contribution >= 4 is 41.1 Å². The van der Waals surface area contributed by atoms with Crippen LogP contribution in [0.4, 0.5) is 0 Å². The molecule has 0 bridgehead atoms. The molecule has 0 aromatic heterocycles. The largest absolute Gasteiger partial charge is 0.457 e. The highest BCUT2D eigenvalue weighted by atomic mass is 35.5. The summed E-state index contributed by atoms with van der Waals surface area (Å²) in [5, 5.41) is 1.30. The number of halogens is 3. The molecular formula is C13H7Cl3O2. The average molecular weight is 302 g/mol. The summed E-state index contributed by atoms with van der Waals surface area (Å²) in [6.45, 7) is 0. The van der Waals surface area contributed by atoms with E-state index in [-0.39, 0.29) is 0 Å². The van der Waals surface area contributed by atoms with Gasteiger partial charge in [-0.05, 0) is 24.3 Å². The molecule has 0 fully saturated rings. The molecule has 0 N–H and O–H groups in total. The molecule has 18 heavy (non-hydrogen) atoms. The summed E-state index contributed by atoms with van der Waals surface area (Å²) in [6, 6.07) is 9.61. The van der Waals surface area contributed by atoms with Crippen LogP contribution >= 0.6 is 34.8 Å². The van der Waals surface area contributed by atoms with Crippen molar-refractivity contribution in [2.75, 3.05) is 0 Å². The van der Waals surface area contributed by atoms with Crippen LogP contribution in [0.5, 0.6) is 11.5 Å². The molecule has 0 aliphatic carbocycles. The Balaban J connectivity index is 2.35. The average Bonchev–Trinajstić information content (AvgIpc) is 2.34. The first-order valence-electron chi connectivity index (χ1n) is 4.98. The van der Waals surface area contributed by atoms with Crippen molar-refractivity contribution in [2.45, 2.75) is 0 Å². The quantitative estimate of drug-likeness (QED) is 0.724. The van der Waals surface area contributed by atoms with E-state index in [1.54, 1.807) is 36.4 Å². The summed E-state index contributed by atoms with van der Waals surface area (Å²) in [4.78, 5) is 10.9. The fraction of sp³-hybridized carbons (Fsp3) is 0. The van der Waals surface area contributed by atoms with Crippen LogP contribution < -0.4 is 4.74 Å². The molecule has 2 nitrogen and oxygen atoms in total. The van der Waals surface area contributed by atoms with Crippen LogP contribution in [0.3, 0.4) is 0 Å². The molecule has 0 unspecified atom stereocenters. The Morgan fingerprint density at radius 3 is 2.39 bits per heavy atom. The smallest absolute Gasteiger partial charge is 0.153 e. The monoisotopic (exact) mass is 300 g/mol. The lowest BCUT2D eigenvalue weighted by Gasteiger charge is -2.09. The summed E-state index contributed by atoms with van der Waals surface area (Å²) in [7, 11) is 0. The van der Waals surface area contributed by atoms with E-state index in [4.69, 9.17) is 39.5 Å². The van der Waals surface area contributed by atoms with Crippen LogP contribution in [-0.2, 0) is 0 Å². The molecule has 2 aromatic rings. The molecule has 0 amide bonds. The lowest BCUT2D eigenvalue weighted by molar-refractivity contribution is 0.112. The first-order chi connectivity index (χ1) is 8.60. The van der Waals surface area contributed by atoms with Crippen molar-refractivity contribution in [3.05, 3.63) is 57.0 Å². The van der Waals surface area contributed by atoms with Crippen LogP contribution in [0.25, 0.3) is 0 Å². The maximum absolute atomic E-state index is 10.9. The molecular weight excluding hydrogens is 294 g/mol. The molecule has 0 aliphatic rings. The number of hydrogen-bond donors (Lipinski definition) is 0. The summed E-state index contributed by atoms with van der Waals surface area (Å²) in [6.07, 6.45) is 0.698. The number of aldehydes is 1. The van der Waals surface area contributed by atoms with Gasteiger partial charge in [-0.15, -0.1) is 0 Å². The fourth-order valence-electron chi connectivity index (χ4n) is 1.36. The van der Waals surface area contributed by atoms with E-state index in [1.807, 2.05) is 0 Å². The fourth-order valence-corrected chi connectivity index (χ4v) is 1.81. The van der Waals surface area contributed by atoms with Crippen molar-refractivity contribution in [2.24, 2.45) is 0 Å². The van der Waals surface area contributed by atoms with Gasteiger partial charge in [0.2, 0.25) is 0 Å². The summed E-state index contributed by atoms with van der Waals surface area (Å²) < 4.78 is 5.56. The van der Waals surface area contributed by atoms with Gasteiger partial charge >= 0.3 is 0 Å². The Bertz CT molecular complexity index is 597. The molecule has 0 saturated carbocycles. The van der Waals surface area contributed by atoms with Crippen molar-refractivity contribution < 1.29 is 9.53 Å². The number of hydrogen-bond acceptors (Lipinski definition) is 2. The van der Waals surface area contributed by atoms with Gasteiger partial charge in [0.25, 0.3) is 0 Å². The molecule has 2 rings (SSSR count). The second-order valence-electron chi connectivity index (χ2n) is 3.48. The molecule has 0 radical (unpaired) electrons. The maximum atomic E-state index is 10.9. The van der Waals surface area contributed by atoms with Crippen LogP contribution in [-0.4, -0.2) is 6.29 Å². The Morgan fingerprint density at radius 1 is 0.944 bits per heavy atom. The highest BCUT2D eigenvalue weighted by Gasteiger charge is 2.07. The van der Waals surface area contributed by atoms with Gasteiger partial charge in [0.15, 0.2) is 6.29 Å². The number of ether oxygens (including phenoxy) is 1. The van der Waals surface area contributed by atoms with Gasteiger partial charge in [-0.2, -0.15) is 0 Å². The minimum atomic E-state index is 0.371. The number of carbonyl (C=O) groups is 1. The standard InChI is InChI=1S/C13H7Cl3O2/c14-9-2-1-8(7-17)13(5-9)18-10-3-4-11(15)12(16)6-10/h1-7H. The van der Waals surface area contributed by atoms with Crippen LogP contribution in [0.2, 0.25) is 15.1 Å². The van der Waals surface area contributed by atoms with E-state index < -0.39 is 0 Å². The third-order valence-electron chi connectivity index (χ3n) is 2.22. The Morgan fingerprint density at radius 2 is 1.72 bits per heavy atom. The summed E-state index contributed by atoms with van der Waals surface area (Å²) >= 11 is 17.5. The molecule has 0 spiro atoms. The van der Waals surface area contributed by atoms with Crippen molar-refractivity contribution in [3.63, 3.8) is 0 Å². The molecule has 0 atom stereocenters. The van der Waals surface area contributed by atoms with E-state index in [9.17, 15) is 4.79 Å². The molecule has 0 aliphatic heterocycles. The third kappa shape index (κ3) is 2.96. The van der Waals surface area contributed by atoms with E-state index in [0.717, 1.165) is 0 Å². The van der Waals surface area contributed by atoms with Crippen LogP contribution in [0.15, 0.2) is 36.4 Å². The zero-order valence-electron chi connectivity index (χ0n) is 8.99. The molecule has 0 heterocycles. The topological polar surface area (TPSA) is 26.3 Å². The lowest BCUT2D eigenvalue weighted by atomic mass is 10.2. The first kappa shape index (κ1) is 13.2. The highest BCUT2D eigenvalue weighted by molar-refractivity contribution is 6.42. The first-order valence-corrected chi connectivity index (χ1v) is 6.11. The van der Waals surface area contributed by atoms with Crippen molar-refractivity contribution in [1.29, 1.82) is 0 Å². The van der Waals surface area contributed by atoms with Crippen molar-refractivity contribution in [1.82, 2.24) is 0 Å². The van der Waals surface area contributed by atoms with E-state index in [2.05, 4.69) is 0 Å². The predicted octanol–water partition coefficient (Wildman–Crippen LogP) is 5.25. The van der Waals surface area contributed by atoms with Gasteiger partial charge in [-0.1, -0.05) is 34.8 Å². The van der Waals surface area contributed by atoms with Crippen LogP contribution in [0, 0.1) is 0 Å². The van der Waals surface area contributed by atoms with E-state index in [0.29, 0.717) is 38.4 Å². The van der Waals surface area contributed by atoms with E-state index in [1.165, 1.54) is 0 Å². The normalized spacial score (nSPS) is 10.2. The molecule has 2 aromatic carbocycles. The van der Waals surface area contributed by atoms with Gasteiger partial charge in [0.1, 0.15) is 11.5 Å². The summed E-state index contributed by atoms with van der Waals surface area (Å²) in [5.41, 5.74) is 0.408. The van der Waals surface area contributed by atoms with Crippen LogP contribution in [0.1, 0.15) is 10.4 Å². The van der Waals surface area contributed by atoms with Gasteiger partial charge in [0, 0.05) is 17.2 Å². The Hall–Kier alpha value is -1.22. The van der Waals surface area contributed by atoms with Gasteiger partial charge in [0.05, 0.1) is 15.6 Å². The highest BCUT2D eigenvalue weighted by Crippen LogP contribution is 2.31. The second-order valence-corrected chi connectivity index (χ2v) is 4.73. The Labute approximate surface area is 119 Å². The zero-order valence-corrected chi connectivity index (χ0v) is 11.3. The Kier molecular flexibility index (Phi) is 4.12. The van der Waals surface area contributed by atoms with Gasteiger partial charge in [-0.25, -0.2) is 0 Å². The number of carbonyl (C=O) groups excluding carboxylic acids is 1. The number of rotatable bonds is 3. The van der Waals surface area contributed by atoms with Gasteiger partial charge < -0.3 is 4.74 Å². The second kappa shape index (κ2) is 5.61. The van der Waals surface area contributed by atoms with E-state index >= 15 is 0 Å². The minimum Gasteiger partial charge on any atom is -0.457 e. The molecule has 0 saturated heterocycles. The molecule has 5 heteroatoms. The lowest BCUT2D eigenvalue weighted by Crippen LogP contribution is -1.90. The minimum absolute atomic E-state index is 0.371. The zero-order chi connectivity index (χ0) is 13.1. The summed E-state index contributed by atoms with van der Waals surface area (Å²) in [5.74, 6) is 0.852. The third-order valence-corrected chi connectivity index (χ3v) is 3.20. The van der Waals surface area contributed by atoms with Gasteiger partial charge in [-0.3, -0.25) is 4.79 Å².